The van der Waals surface area contributed by atoms with E-state index in [9.17, 15) is 9.59 Å². The van der Waals surface area contributed by atoms with E-state index in [2.05, 4.69) is 23.3 Å². The summed E-state index contributed by atoms with van der Waals surface area (Å²) in [7, 11) is 0. The van der Waals surface area contributed by atoms with Gasteiger partial charge < -0.3 is 20.8 Å². The van der Waals surface area contributed by atoms with Crippen LogP contribution < -0.4 is 11.1 Å². The fraction of sp³-hybridized carbons (Fsp3) is 0.500. The van der Waals surface area contributed by atoms with Crippen LogP contribution in [-0.4, -0.2) is 36.1 Å². The molecule has 0 aliphatic carbocycles. The molecule has 1 aromatic heterocycles. The second-order valence-electron chi connectivity index (χ2n) is 6.98. The van der Waals surface area contributed by atoms with Crippen LogP contribution in [0.15, 0.2) is 24.4 Å². The van der Waals surface area contributed by atoms with E-state index in [0.29, 0.717) is 13.2 Å². The van der Waals surface area contributed by atoms with Gasteiger partial charge >= 0.3 is 0 Å². The Morgan fingerprint density at radius 3 is 2.77 bits per heavy atom. The van der Waals surface area contributed by atoms with Crippen LogP contribution in [-0.2, 0) is 27.2 Å². The number of aromatic nitrogens is 1. The highest BCUT2D eigenvalue weighted by atomic mass is 16.5. The maximum Gasteiger partial charge on any atom is 0.224 e. The molecule has 3 rings (SSSR count). The molecule has 0 bridgehead atoms. The zero-order chi connectivity index (χ0) is 18.5. The number of aryl methyl sites for hydroxylation is 1. The molecule has 6 heteroatoms. The molecule has 26 heavy (non-hydrogen) atoms. The molecule has 0 radical (unpaired) electrons. The van der Waals surface area contributed by atoms with Crippen molar-refractivity contribution in [2.45, 2.75) is 45.1 Å². The average Bonchev–Trinajstić information content (AvgIpc) is 3.04. The van der Waals surface area contributed by atoms with Gasteiger partial charge in [0.2, 0.25) is 11.8 Å². The van der Waals surface area contributed by atoms with Crippen LogP contribution in [0, 0.1) is 5.92 Å². The van der Waals surface area contributed by atoms with Crippen molar-refractivity contribution in [3.63, 3.8) is 0 Å². The number of hydrogen-bond donors (Lipinski definition) is 3. The van der Waals surface area contributed by atoms with Gasteiger partial charge in [-0.15, -0.1) is 0 Å². The second kappa shape index (κ2) is 8.36. The van der Waals surface area contributed by atoms with Gasteiger partial charge in [-0.1, -0.05) is 25.1 Å². The first-order valence-corrected chi connectivity index (χ1v) is 9.31. The zero-order valence-electron chi connectivity index (χ0n) is 15.2. The molecule has 6 nitrogen and oxygen atoms in total. The monoisotopic (exact) mass is 357 g/mol. The van der Waals surface area contributed by atoms with Crippen LogP contribution in [0.25, 0.3) is 10.9 Å². The summed E-state index contributed by atoms with van der Waals surface area (Å²) >= 11 is 0. The van der Waals surface area contributed by atoms with Crippen LogP contribution in [0.1, 0.15) is 37.3 Å². The Bertz CT molecular complexity index is 778. The highest BCUT2D eigenvalue weighted by molar-refractivity contribution is 5.90. The molecule has 140 valence electrons. The number of carbonyl (C=O) groups excluding carboxylic acids is 2. The van der Waals surface area contributed by atoms with Gasteiger partial charge in [-0.2, -0.15) is 0 Å². The molecule has 1 fully saturated rings. The normalized spacial score (nSPS) is 16.5. The van der Waals surface area contributed by atoms with Crippen LogP contribution in [0.5, 0.6) is 0 Å². The first-order valence-electron chi connectivity index (χ1n) is 9.31. The van der Waals surface area contributed by atoms with Crippen LogP contribution in [0.3, 0.4) is 0 Å². The van der Waals surface area contributed by atoms with Crippen molar-refractivity contribution in [1.29, 1.82) is 0 Å². The lowest BCUT2D eigenvalue weighted by Gasteiger charge is -2.30. The quantitative estimate of drug-likeness (QED) is 0.707. The molecule has 1 aromatic carbocycles. The maximum atomic E-state index is 12.6. The van der Waals surface area contributed by atoms with Gasteiger partial charge in [0.15, 0.2) is 0 Å². The number of fused-ring (bicyclic) bond motifs is 1. The van der Waals surface area contributed by atoms with Crippen LogP contribution in [0.2, 0.25) is 0 Å². The lowest BCUT2D eigenvalue weighted by Crippen LogP contribution is -2.45. The van der Waals surface area contributed by atoms with E-state index in [0.717, 1.165) is 35.7 Å². The van der Waals surface area contributed by atoms with Gasteiger partial charge in [-0.25, -0.2) is 0 Å². The number of carbonyl (C=O) groups is 2. The lowest BCUT2D eigenvalue weighted by molar-refractivity contribution is -0.123. The summed E-state index contributed by atoms with van der Waals surface area (Å²) in [4.78, 5) is 27.4. The van der Waals surface area contributed by atoms with E-state index in [1.165, 1.54) is 5.56 Å². The number of primary amides is 1. The number of amides is 2. The lowest BCUT2D eigenvalue weighted by atomic mass is 9.89. The third-order valence-electron chi connectivity index (χ3n) is 5.22. The number of aromatic amines is 1. The Hall–Kier alpha value is -2.34. The Morgan fingerprint density at radius 1 is 1.31 bits per heavy atom. The van der Waals surface area contributed by atoms with Crippen molar-refractivity contribution < 1.29 is 14.3 Å². The number of hydrogen-bond acceptors (Lipinski definition) is 3. The Labute approximate surface area is 153 Å². The molecule has 0 spiro atoms. The van der Waals surface area contributed by atoms with Crippen LogP contribution >= 0.6 is 0 Å². The van der Waals surface area contributed by atoms with E-state index >= 15 is 0 Å². The van der Waals surface area contributed by atoms with Crippen molar-refractivity contribution >= 4 is 22.7 Å². The SMILES string of the molecule is CCc1cccc2c(CC(=O)NC(CC(N)=O)C3CCOCC3)c[nH]c12. The third kappa shape index (κ3) is 4.25. The molecule has 4 N–H and O–H groups in total. The van der Waals surface area contributed by atoms with Crippen molar-refractivity contribution in [2.24, 2.45) is 11.7 Å². The summed E-state index contributed by atoms with van der Waals surface area (Å²) in [6.45, 7) is 3.44. The fourth-order valence-electron chi connectivity index (χ4n) is 3.82. The van der Waals surface area contributed by atoms with Crippen LogP contribution in [0.4, 0.5) is 0 Å². The van der Waals surface area contributed by atoms with E-state index in [-0.39, 0.29) is 36.6 Å². The molecule has 1 aliphatic rings. The predicted octanol–water partition coefficient (Wildman–Crippen LogP) is 2.06. The number of nitrogens with two attached hydrogens (primary N) is 1. The number of para-hydroxylation sites is 1. The molecule has 1 unspecified atom stereocenters. The van der Waals surface area contributed by atoms with Gasteiger partial charge in [0.05, 0.1) is 6.42 Å². The molecular formula is C20H27N3O3. The number of ether oxygens (including phenoxy) is 1. The first-order chi connectivity index (χ1) is 12.6. The highest BCUT2D eigenvalue weighted by Gasteiger charge is 2.27. The summed E-state index contributed by atoms with van der Waals surface area (Å²) < 4.78 is 5.38. The number of rotatable bonds is 7. The summed E-state index contributed by atoms with van der Waals surface area (Å²) in [5, 5.41) is 4.12. The van der Waals surface area contributed by atoms with E-state index in [1.807, 2.05) is 18.3 Å². The van der Waals surface area contributed by atoms with E-state index < -0.39 is 0 Å². The molecule has 1 aliphatic heterocycles. The molecule has 0 saturated carbocycles. The molecular weight excluding hydrogens is 330 g/mol. The number of nitrogens with one attached hydrogen (secondary N) is 2. The molecule has 2 amide bonds. The van der Waals surface area contributed by atoms with Crippen molar-refractivity contribution in [2.75, 3.05) is 13.2 Å². The minimum absolute atomic E-state index is 0.0782. The molecule has 1 atom stereocenters. The standard InChI is InChI=1S/C20H27N3O3/c1-2-13-4-3-5-16-15(12-22-20(13)16)10-19(25)23-17(11-18(21)24)14-6-8-26-9-7-14/h3-5,12,14,17,22H,2,6-11H2,1H3,(H2,21,24)(H,23,25). The topological polar surface area (TPSA) is 97.2 Å². The Kier molecular flexibility index (Phi) is 5.93. The summed E-state index contributed by atoms with van der Waals surface area (Å²) in [6.07, 6.45) is 4.97. The zero-order valence-corrected chi connectivity index (χ0v) is 15.2. The van der Waals surface area contributed by atoms with E-state index in [1.54, 1.807) is 0 Å². The number of benzene rings is 1. The first kappa shape index (κ1) is 18.5. The minimum atomic E-state index is -0.388. The molecule has 2 heterocycles. The highest BCUT2D eigenvalue weighted by Crippen LogP contribution is 2.24. The molecule has 2 aromatic rings. The van der Waals surface area contributed by atoms with Gasteiger partial charge in [-0.3, -0.25) is 9.59 Å². The molecule has 1 saturated heterocycles. The minimum Gasteiger partial charge on any atom is -0.381 e. The van der Waals surface area contributed by atoms with Crippen molar-refractivity contribution in [1.82, 2.24) is 10.3 Å². The van der Waals surface area contributed by atoms with Gasteiger partial charge in [0, 0.05) is 42.8 Å². The predicted molar refractivity (Wildman–Crippen MR) is 101 cm³/mol. The Balaban J connectivity index is 1.71. The average molecular weight is 357 g/mol. The Morgan fingerprint density at radius 2 is 2.08 bits per heavy atom. The summed E-state index contributed by atoms with van der Waals surface area (Å²) in [6, 6.07) is 5.93. The second-order valence-corrected chi connectivity index (χ2v) is 6.98. The van der Waals surface area contributed by atoms with Gasteiger partial charge in [0.1, 0.15) is 0 Å². The summed E-state index contributed by atoms with van der Waals surface area (Å²) in [5.74, 6) is -0.234. The van der Waals surface area contributed by atoms with Crippen molar-refractivity contribution in [3.05, 3.63) is 35.5 Å². The van der Waals surface area contributed by atoms with Gasteiger partial charge in [-0.05, 0) is 36.3 Å². The maximum absolute atomic E-state index is 12.6. The van der Waals surface area contributed by atoms with Crippen molar-refractivity contribution in [3.8, 4) is 0 Å². The fourth-order valence-corrected chi connectivity index (χ4v) is 3.82. The van der Waals surface area contributed by atoms with Gasteiger partial charge in [0.25, 0.3) is 0 Å². The smallest absolute Gasteiger partial charge is 0.224 e. The summed E-state index contributed by atoms with van der Waals surface area (Å²) in [5.41, 5.74) is 8.69. The third-order valence-corrected chi connectivity index (χ3v) is 5.22. The number of H-pyrrole nitrogens is 1. The largest absolute Gasteiger partial charge is 0.381 e. The van der Waals surface area contributed by atoms with E-state index in [4.69, 9.17) is 10.5 Å².